The molecule has 5 nitrogen and oxygen atoms in total. The summed E-state index contributed by atoms with van der Waals surface area (Å²) < 4.78 is 0.953. The number of nitrogens with zero attached hydrogens (tertiary/aromatic N) is 3. The highest BCUT2D eigenvalue weighted by atomic mass is 32.1. The van der Waals surface area contributed by atoms with Gasteiger partial charge in [0.25, 0.3) is 0 Å². The smallest absolute Gasteiger partial charge is 0.151 e. The van der Waals surface area contributed by atoms with E-state index in [4.69, 9.17) is 0 Å². The van der Waals surface area contributed by atoms with Crippen molar-refractivity contribution in [3.63, 3.8) is 0 Å². The molecule has 0 atom stereocenters. The molecular formula is C15H10N4OS. The van der Waals surface area contributed by atoms with Gasteiger partial charge in [-0.3, -0.25) is 0 Å². The summed E-state index contributed by atoms with van der Waals surface area (Å²) in [7, 11) is 0. The zero-order valence-electron chi connectivity index (χ0n) is 10.8. The number of nitrogens with one attached hydrogen (secondary N) is 1. The number of phenols is 1. The van der Waals surface area contributed by atoms with E-state index >= 15 is 0 Å². The normalized spacial score (nSPS) is 11.0. The number of fused-ring (bicyclic) bond motifs is 3. The van der Waals surface area contributed by atoms with Crippen LogP contribution in [0.25, 0.3) is 20.4 Å². The van der Waals surface area contributed by atoms with Crippen molar-refractivity contribution in [3.8, 4) is 5.75 Å². The van der Waals surface area contributed by atoms with Gasteiger partial charge in [0.15, 0.2) is 5.82 Å². The summed E-state index contributed by atoms with van der Waals surface area (Å²) in [4.78, 5) is 14.0. The van der Waals surface area contributed by atoms with Gasteiger partial charge in [-0.15, -0.1) is 11.3 Å². The third kappa shape index (κ3) is 2.05. The van der Waals surface area contributed by atoms with Crippen molar-refractivity contribution >= 4 is 43.3 Å². The first-order valence-electron chi connectivity index (χ1n) is 6.35. The van der Waals surface area contributed by atoms with E-state index in [2.05, 4.69) is 20.3 Å². The molecule has 0 aliphatic rings. The van der Waals surface area contributed by atoms with Crippen LogP contribution in [0, 0.1) is 0 Å². The summed E-state index contributed by atoms with van der Waals surface area (Å²) in [6.07, 6.45) is 3.31. The number of anilines is 2. The van der Waals surface area contributed by atoms with Crippen LogP contribution in [-0.4, -0.2) is 20.1 Å². The molecule has 0 bridgehead atoms. The van der Waals surface area contributed by atoms with Crippen molar-refractivity contribution in [1.29, 1.82) is 0 Å². The van der Waals surface area contributed by atoms with Crippen LogP contribution in [-0.2, 0) is 0 Å². The van der Waals surface area contributed by atoms with E-state index in [0.717, 1.165) is 26.1 Å². The van der Waals surface area contributed by atoms with Gasteiger partial charge >= 0.3 is 0 Å². The van der Waals surface area contributed by atoms with E-state index in [0.29, 0.717) is 5.82 Å². The fraction of sp³-hybridized carbons (Fsp3) is 0. The quantitative estimate of drug-likeness (QED) is 0.590. The van der Waals surface area contributed by atoms with Gasteiger partial charge in [0.1, 0.15) is 16.9 Å². The first kappa shape index (κ1) is 12.0. The fourth-order valence-electron chi connectivity index (χ4n) is 2.22. The molecule has 0 unspecified atom stereocenters. The number of pyridine rings is 1. The largest absolute Gasteiger partial charge is 0.508 e. The van der Waals surface area contributed by atoms with Gasteiger partial charge in [-0.2, -0.15) is 0 Å². The zero-order valence-corrected chi connectivity index (χ0v) is 11.6. The van der Waals surface area contributed by atoms with Crippen LogP contribution in [0.5, 0.6) is 5.75 Å². The Hall–Kier alpha value is -2.73. The third-order valence-corrected chi connectivity index (χ3v) is 4.25. The summed E-state index contributed by atoms with van der Waals surface area (Å²) >= 11 is 1.55. The molecule has 0 fully saturated rings. The standard InChI is InChI=1S/C15H10N4OS/c20-10-4-1-3-9(7-10)19-14-13-12(17-8-18-14)11-5-2-6-16-15(11)21-13/h1-8,20H,(H,17,18,19). The van der Waals surface area contributed by atoms with Gasteiger partial charge in [0.05, 0.1) is 10.2 Å². The minimum atomic E-state index is 0.211. The first-order chi connectivity index (χ1) is 10.3. The van der Waals surface area contributed by atoms with Crippen LogP contribution in [0.2, 0.25) is 0 Å². The zero-order chi connectivity index (χ0) is 14.2. The Kier molecular flexibility index (Phi) is 2.68. The van der Waals surface area contributed by atoms with Crippen LogP contribution >= 0.6 is 11.3 Å². The second-order valence-electron chi connectivity index (χ2n) is 4.53. The van der Waals surface area contributed by atoms with E-state index < -0.39 is 0 Å². The van der Waals surface area contributed by atoms with Crippen LogP contribution in [0.4, 0.5) is 11.5 Å². The van der Waals surface area contributed by atoms with Gasteiger partial charge in [-0.25, -0.2) is 15.0 Å². The molecule has 3 heterocycles. The van der Waals surface area contributed by atoms with Crippen molar-refractivity contribution in [2.45, 2.75) is 0 Å². The molecule has 4 rings (SSSR count). The Bertz CT molecular complexity index is 951. The lowest BCUT2D eigenvalue weighted by Gasteiger charge is -2.06. The number of thiophene rings is 1. The second-order valence-corrected chi connectivity index (χ2v) is 5.53. The maximum absolute atomic E-state index is 9.54. The monoisotopic (exact) mass is 294 g/mol. The summed E-state index contributed by atoms with van der Waals surface area (Å²) in [6.45, 7) is 0. The molecule has 0 aliphatic carbocycles. The minimum absolute atomic E-state index is 0.211. The Balaban J connectivity index is 1.89. The van der Waals surface area contributed by atoms with Gasteiger partial charge < -0.3 is 10.4 Å². The lowest BCUT2D eigenvalue weighted by atomic mass is 10.3. The highest BCUT2D eigenvalue weighted by Gasteiger charge is 2.11. The number of hydrogen-bond donors (Lipinski definition) is 2. The van der Waals surface area contributed by atoms with E-state index in [1.54, 1.807) is 35.7 Å². The molecular weight excluding hydrogens is 284 g/mol. The maximum Gasteiger partial charge on any atom is 0.151 e. The van der Waals surface area contributed by atoms with E-state index in [9.17, 15) is 5.11 Å². The molecule has 4 aromatic rings. The number of aromatic hydroxyl groups is 1. The van der Waals surface area contributed by atoms with Crippen LogP contribution in [0.1, 0.15) is 0 Å². The molecule has 2 N–H and O–H groups in total. The third-order valence-electron chi connectivity index (χ3n) is 3.14. The average Bonchev–Trinajstić information content (AvgIpc) is 2.87. The van der Waals surface area contributed by atoms with Crippen molar-refractivity contribution in [2.75, 3.05) is 5.32 Å². The van der Waals surface area contributed by atoms with Crippen LogP contribution < -0.4 is 5.32 Å². The van der Waals surface area contributed by atoms with E-state index in [1.807, 2.05) is 18.2 Å². The van der Waals surface area contributed by atoms with Gasteiger partial charge in [-0.1, -0.05) is 6.07 Å². The molecule has 3 aromatic heterocycles. The topological polar surface area (TPSA) is 70.9 Å². The molecule has 21 heavy (non-hydrogen) atoms. The summed E-state index contributed by atoms with van der Waals surface area (Å²) in [5.41, 5.74) is 1.67. The second kappa shape index (κ2) is 4.68. The number of hydrogen-bond acceptors (Lipinski definition) is 6. The number of aromatic nitrogens is 3. The van der Waals surface area contributed by atoms with Gasteiger partial charge in [0, 0.05) is 23.3 Å². The molecule has 6 heteroatoms. The molecule has 102 valence electrons. The number of phenolic OH excluding ortho intramolecular Hbond substituents is 1. The maximum atomic E-state index is 9.54. The van der Waals surface area contributed by atoms with Crippen molar-refractivity contribution in [2.24, 2.45) is 0 Å². The van der Waals surface area contributed by atoms with Crippen LogP contribution in [0.3, 0.4) is 0 Å². The minimum Gasteiger partial charge on any atom is -0.508 e. The Morgan fingerprint density at radius 3 is 2.90 bits per heavy atom. The summed E-state index contributed by atoms with van der Waals surface area (Å²) in [5.74, 6) is 0.928. The van der Waals surface area contributed by atoms with E-state index in [1.165, 1.54) is 6.33 Å². The van der Waals surface area contributed by atoms with E-state index in [-0.39, 0.29) is 5.75 Å². The summed E-state index contributed by atoms with van der Waals surface area (Å²) in [6, 6.07) is 10.8. The lowest BCUT2D eigenvalue weighted by molar-refractivity contribution is 0.475. The first-order valence-corrected chi connectivity index (χ1v) is 7.17. The Morgan fingerprint density at radius 2 is 2.00 bits per heavy atom. The van der Waals surface area contributed by atoms with Crippen molar-refractivity contribution in [1.82, 2.24) is 15.0 Å². The Labute approximate surface area is 123 Å². The fourth-order valence-corrected chi connectivity index (χ4v) is 3.26. The highest BCUT2D eigenvalue weighted by molar-refractivity contribution is 7.25. The highest BCUT2D eigenvalue weighted by Crippen LogP contribution is 2.35. The number of benzene rings is 1. The predicted molar refractivity (Wildman–Crippen MR) is 84.1 cm³/mol. The molecule has 0 saturated carbocycles. The van der Waals surface area contributed by atoms with Gasteiger partial charge in [0.2, 0.25) is 0 Å². The predicted octanol–water partition coefficient (Wildman–Crippen LogP) is 3.69. The van der Waals surface area contributed by atoms with Crippen LogP contribution in [0.15, 0.2) is 48.9 Å². The van der Waals surface area contributed by atoms with Crippen molar-refractivity contribution < 1.29 is 5.11 Å². The molecule has 0 aliphatic heterocycles. The molecule has 0 radical (unpaired) electrons. The Morgan fingerprint density at radius 1 is 1.05 bits per heavy atom. The summed E-state index contributed by atoms with van der Waals surface area (Å²) in [5, 5.41) is 13.8. The average molecular weight is 294 g/mol. The van der Waals surface area contributed by atoms with Crippen molar-refractivity contribution in [3.05, 3.63) is 48.9 Å². The number of rotatable bonds is 2. The molecule has 0 amide bonds. The van der Waals surface area contributed by atoms with Gasteiger partial charge in [-0.05, 0) is 24.3 Å². The lowest BCUT2D eigenvalue weighted by Crippen LogP contribution is -1.94. The molecule has 0 saturated heterocycles. The molecule has 0 spiro atoms. The SMILES string of the molecule is Oc1cccc(Nc2ncnc3c2sc2ncccc23)c1. The molecule has 1 aromatic carbocycles.